The Bertz CT molecular complexity index is 1640. The fraction of sp³-hybridized carbons (Fsp3) is 0.231. The average molecular weight is 628 g/mol. The Morgan fingerprint density at radius 2 is 1.57 bits per heavy atom. The van der Waals surface area contributed by atoms with Crippen LogP contribution in [0.1, 0.15) is 75.6 Å². The number of hydrogen-bond acceptors (Lipinski definition) is 3. The molecule has 0 aliphatic rings. The highest BCUT2D eigenvalue weighted by molar-refractivity contribution is 6.09. The number of halogens is 3. The molecule has 0 radical (unpaired) electrons. The van der Waals surface area contributed by atoms with Crippen LogP contribution in [0.5, 0.6) is 0 Å². The molecule has 46 heavy (non-hydrogen) atoms. The minimum absolute atomic E-state index is 0.154. The summed E-state index contributed by atoms with van der Waals surface area (Å²) in [6, 6.07) is 24.4. The zero-order valence-corrected chi connectivity index (χ0v) is 26.5. The van der Waals surface area contributed by atoms with Crippen molar-refractivity contribution in [1.29, 1.82) is 0 Å². The van der Waals surface area contributed by atoms with Crippen molar-refractivity contribution < 1.29 is 27.5 Å². The number of anilines is 1. The molecule has 1 amide bonds. The van der Waals surface area contributed by atoms with Crippen molar-refractivity contribution in [3.63, 3.8) is 0 Å². The molecule has 0 aliphatic carbocycles. The van der Waals surface area contributed by atoms with Crippen molar-refractivity contribution in [1.82, 2.24) is 0 Å². The van der Waals surface area contributed by atoms with Gasteiger partial charge in [-0.3, -0.25) is 4.79 Å². The predicted molar refractivity (Wildman–Crippen MR) is 180 cm³/mol. The normalized spacial score (nSPS) is 11.4. The summed E-state index contributed by atoms with van der Waals surface area (Å²) < 4.78 is 44.6. The SMILES string of the molecule is C=CCc1ccccc1C(CC=C)CCOC(=O)c1ccc(NC(=O)c2ccccc2-c2ccc(C(F)(F)F)cc2)c(C)c1.CC. The second-order valence-electron chi connectivity index (χ2n) is 10.4. The molecule has 0 aliphatic heterocycles. The first-order valence-electron chi connectivity index (χ1n) is 15.3. The van der Waals surface area contributed by atoms with Crippen molar-refractivity contribution in [2.24, 2.45) is 0 Å². The van der Waals surface area contributed by atoms with E-state index in [-0.39, 0.29) is 12.5 Å². The molecule has 0 heterocycles. The molecule has 4 nitrogen and oxygen atoms in total. The van der Waals surface area contributed by atoms with Gasteiger partial charge in [-0.25, -0.2) is 4.79 Å². The largest absolute Gasteiger partial charge is 0.462 e. The van der Waals surface area contributed by atoms with Gasteiger partial charge in [0.05, 0.1) is 17.7 Å². The molecule has 0 saturated carbocycles. The summed E-state index contributed by atoms with van der Waals surface area (Å²) in [6.07, 6.45) is 1.44. The minimum atomic E-state index is -4.45. The van der Waals surface area contributed by atoms with Crippen molar-refractivity contribution in [2.75, 3.05) is 11.9 Å². The van der Waals surface area contributed by atoms with E-state index in [9.17, 15) is 22.8 Å². The highest BCUT2D eigenvalue weighted by Gasteiger charge is 2.30. The van der Waals surface area contributed by atoms with Crippen LogP contribution in [0.15, 0.2) is 116 Å². The van der Waals surface area contributed by atoms with Gasteiger partial charge in [0.2, 0.25) is 0 Å². The average Bonchev–Trinajstić information content (AvgIpc) is 3.06. The molecule has 0 fully saturated rings. The number of ether oxygens (including phenoxy) is 1. The summed E-state index contributed by atoms with van der Waals surface area (Å²) in [4.78, 5) is 26.1. The smallest absolute Gasteiger partial charge is 0.416 e. The van der Waals surface area contributed by atoms with Crippen molar-refractivity contribution >= 4 is 17.6 Å². The number of amides is 1. The molecule has 1 unspecified atom stereocenters. The van der Waals surface area contributed by atoms with Crippen LogP contribution in [0.4, 0.5) is 18.9 Å². The molecule has 7 heteroatoms. The van der Waals surface area contributed by atoms with E-state index in [1.54, 1.807) is 49.4 Å². The Kier molecular flexibility index (Phi) is 13.1. The first kappa shape index (κ1) is 35.6. The summed E-state index contributed by atoms with van der Waals surface area (Å²) >= 11 is 0. The molecule has 4 aromatic rings. The van der Waals surface area contributed by atoms with E-state index in [1.807, 2.05) is 38.1 Å². The van der Waals surface area contributed by atoms with Crippen LogP contribution in [0, 0.1) is 6.92 Å². The number of carbonyl (C=O) groups excluding carboxylic acids is 2. The summed E-state index contributed by atoms with van der Waals surface area (Å²) in [6.45, 7) is 13.7. The van der Waals surface area contributed by atoms with Gasteiger partial charge in [0.15, 0.2) is 0 Å². The topological polar surface area (TPSA) is 55.4 Å². The minimum Gasteiger partial charge on any atom is -0.462 e. The van der Waals surface area contributed by atoms with E-state index in [0.717, 1.165) is 25.0 Å². The van der Waals surface area contributed by atoms with Gasteiger partial charge in [-0.1, -0.05) is 80.6 Å². The van der Waals surface area contributed by atoms with Crippen molar-refractivity contribution in [3.8, 4) is 11.1 Å². The van der Waals surface area contributed by atoms with Gasteiger partial charge in [0.25, 0.3) is 5.91 Å². The van der Waals surface area contributed by atoms with Gasteiger partial charge in [0.1, 0.15) is 0 Å². The lowest BCUT2D eigenvalue weighted by atomic mass is 9.88. The number of aryl methyl sites for hydroxylation is 1. The summed E-state index contributed by atoms with van der Waals surface area (Å²) in [7, 11) is 0. The molecular weight excluding hydrogens is 587 g/mol. The molecule has 0 bridgehead atoms. The van der Waals surface area contributed by atoms with E-state index in [4.69, 9.17) is 4.74 Å². The van der Waals surface area contributed by atoms with Crippen molar-refractivity contribution in [2.45, 2.75) is 52.1 Å². The second-order valence-corrected chi connectivity index (χ2v) is 10.4. The maximum Gasteiger partial charge on any atom is 0.416 e. The lowest BCUT2D eigenvalue weighted by Crippen LogP contribution is -2.15. The van der Waals surface area contributed by atoms with Crippen LogP contribution >= 0.6 is 0 Å². The number of alkyl halides is 3. The fourth-order valence-electron chi connectivity index (χ4n) is 5.14. The number of rotatable bonds is 12. The zero-order chi connectivity index (χ0) is 33.7. The highest BCUT2D eigenvalue weighted by Crippen LogP contribution is 2.32. The zero-order valence-electron chi connectivity index (χ0n) is 26.5. The number of hydrogen-bond donors (Lipinski definition) is 1. The molecule has 0 spiro atoms. The molecule has 1 atom stereocenters. The van der Waals surface area contributed by atoms with Crippen molar-refractivity contribution in [3.05, 3.63) is 150 Å². The molecular formula is C39H40F3NO3. The molecule has 240 valence electrons. The van der Waals surface area contributed by atoms with Gasteiger partial charge in [0, 0.05) is 11.3 Å². The van der Waals surface area contributed by atoms with Gasteiger partial charge >= 0.3 is 12.1 Å². The van der Waals surface area contributed by atoms with Crippen LogP contribution in [0.2, 0.25) is 0 Å². The Morgan fingerprint density at radius 3 is 2.22 bits per heavy atom. The number of allylic oxidation sites excluding steroid dienone is 2. The van der Waals surface area contributed by atoms with Crippen LogP contribution in [0.25, 0.3) is 11.1 Å². The maximum atomic E-state index is 13.3. The standard InChI is InChI=1S/C37H34F3NO3.C2H6/c1-4-10-26-12-6-7-13-31(26)27(11-5-2)22-23-44-36(43)29-18-21-34(25(3)24-29)41-35(42)33-15-9-8-14-32(33)28-16-19-30(20-17-28)37(38,39)40;1-2/h4-9,12-21,24,27H,1-2,10-11,22-23H2,3H3,(H,41,42);1-2H3. The summed E-state index contributed by atoms with van der Waals surface area (Å²) in [5.41, 5.74) is 4.42. The van der Waals surface area contributed by atoms with E-state index < -0.39 is 23.6 Å². The van der Waals surface area contributed by atoms with E-state index in [0.29, 0.717) is 39.9 Å². The number of nitrogens with one attached hydrogen (secondary N) is 1. The van der Waals surface area contributed by atoms with E-state index in [1.165, 1.54) is 23.3 Å². The maximum absolute atomic E-state index is 13.3. The van der Waals surface area contributed by atoms with E-state index in [2.05, 4.69) is 30.6 Å². The third kappa shape index (κ3) is 9.30. The lowest BCUT2D eigenvalue weighted by Gasteiger charge is -2.19. The van der Waals surface area contributed by atoms with Gasteiger partial charge < -0.3 is 10.1 Å². The molecule has 1 N–H and O–H groups in total. The number of benzene rings is 4. The van der Waals surface area contributed by atoms with Crippen LogP contribution < -0.4 is 5.32 Å². The molecule has 0 aromatic heterocycles. The van der Waals surface area contributed by atoms with Crippen LogP contribution in [0.3, 0.4) is 0 Å². The second kappa shape index (κ2) is 17.0. The first-order valence-corrected chi connectivity index (χ1v) is 15.3. The number of esters is 1. The fourth-order valence-corrected chi connectivity index (χ4v) is 5.14. The summed E-state index contributed by atoms with van der Waals surface area (Å²) in [5, 5.41) is 2.86. The Morgan fingerprint density at radius 1 is 0.891 bits per heavy atom. The summed E-state index contributed by atoms with van der Waals surface area (Å²) in [5.74, 6) is -0.736. The molecule has 4 aromatic carbocycles. The highest BCUT2D eigenvalue weighted by atomic mass is 19.4. The quantitative estimate of drug-likeness (QED) is 0.126. The van der Waals surface area contributed by atoms with Crippen LogP contribution in [-0.4, -0.2) is 18.5 Å². The Labute approximate surface area is 269 Å². The Balaban J connectivity index is 0.00000282. The molecule has 4 rings (SSSR count). The lowest BCUT2D eigenvalue weighted by molar-refractivity contribution is -0.137. The Hall–Kier alpha value is -4.91. The van der Waals surface area contributed by atoms with E-state index >= 15 is 0 Å². The monoisotopic (exact) mass is 627 g/mol. The van der Waals surface area contributed by atoms with Gasteiger partial charge in [-0.2, -0.15) is 13.2 Å². The first-order chi connectivity index (χ1) is 22.1. The third-order valence-corrected chi connectivity index (χ3v) is 7.42. The van der Waals surface area contributed by atoms with Crippen LogP contribution in [-0.2, 0) is 17.3 Å². The molecule has 0 saturated heterocycles. The van der Waals surface area contributed by atoms with Gasteiger partial charge in [-0.05, 0) is 96.3 Å². The predicted octanol–water partition coefficient (Wildman–Crippen LogP) is 10.6. The van der Waals surface area contributed by atoms with Gasteiger partial charge in [-0.15, -0.1) is 13.2 Å². The number of carbonyl (C=O) groups is 2. The third-order valence-electron chi connectivity index (χ3n) is 7.42.